The van der Waals surface area contributed by atoms with Gasteiger partial charge in [0.1, 0.15) is 0 Å². The van der Waals surface area contributed by atoms with Gasteiger partial charge in [-0.3, -0.25) is 9.59 Å². The topological polar surface area (TPSA) is 64.0 Å². The Balaban J connectivity index is 1.80. The first-order valence-corrected chi connectivity index (χ1v) is 8.33. The Morgan fingerprint density at radius 3 is 2.42 bits per heavy atom. The summed E-state index contributed by atoms with van der Waals surface area (Å²) in [6.45, 7) is 0. The number of aromatic nitrogens is 2. The highest BCUT2D eigenvalue weighted by atomic mass is 127. The van der Waals surface area contributed by atoms with E-state index in [9.17, 15) is 9.59 Å². The molecule has 0 radical (unpaired) electrons. The summed E-state index contributed by atoms with van der Waals surface area (Å²) in [4.78, 5) is 23.7. The molecular weight excluding hydrogens is 417 g/mol. The van der Waals surface area contributed by atoms with E-state index in [4.69, 9.17) is 0 Å². The fourth-order valence-electron chi connectivity index (χ4n) is 2.22. The van der Waals surface area contributed by atoms with E-state index in [2.05, 4.69) is 33.0 Å². The van der Waals surface area contributed by atoms with E-state index in [0.29, 0.717) is 16.9 Å². The molecule has 0 saturated carbocycles. The molecule has 0 fully saturated rings. The minimum Gasteiger partial charge on any atom is -0.322 e. The van der Waals surface area contributed by atoms with Crippen molar-refractivity contribution in [2.45, 2.75) is 0 Å². The van der Waals surface area contributed by atoms with Crippen LogP contribution < -0.4 is 10.9 Å². The Labute approximate surface area is 152 Å². The summed E-state index contributed by atoms with van der Waals surface area (Å²) in [5, 5.41) is 7.09. The average Bonchev–Trinajstić information content (AvgIpc) is 2.58. The lowest BCUT2D eigenvalue weighted by Crippen LogP contribution is -2.18. The number of nitrogens with one attached hydrogen (secondary N) is 1. The largest absolute Gasteiger partial charge is 0.322 e. The van der Waals surface area contributed by atoms with Crippen molar-refractivity contribution in [3.05, 3.63) is 80.2 Å². The van der Waals surface area contributed by atoms with Gasteiger partial charge in [-0.25, -0.2) is 4.68 Å². The summed E-state index contributed by atoms with van der Waals surface area (Å²) in [5.74, 6) is -0.145. The predicted octanol–water partition coefficient (Wildman–Crippen LogP) is 3.30. The molecule has 0 aliphatic carbocycles. The van der Waals surface area contributed by atoms with E-state index in [1.165, 1.54) is 10.7 Å². The molecule has 0 bridgehead atoms. The summed E-state index contributed by atoms with van der Waals surface area (Å²) in [7, 11) is 1.61. The van der Waals surface area contributed by atoms with Crippen molar-refractivity contribution in [3.8, 4) is 11.3 Å². The van der Waals surface area contributed by atoms with Crippen molar-refractivity contribution in [2.24, 2.45) is 7.05 Å². The van der Waals surface area contributed by atoms with Crippen molar-refractivity contribution >= 4 is 34.2 Å². The predicted molar refractivity (Wildman–Crippen MR) is 102 cm³/mol. The van der Waals surface area contributed by atoms with Crippen LogP contribution in [0.15, 0.2) is 65.5 Å². The number of carbonyl (C=O) groups excluding carboxylic acids is 1. The standard InChI is InChI=1S/C18H14IN3O2/c1-22-17(23)11-10-16(21-22)12-6-8-13(9-7-12)20-18(24)14-4-2-3-5-15(14)19/h2-11H,1H3,(H,20,24). The van der Waals surface area contributed by atoms with E-state index >= 15 is 0 Å². The number of aryl methyl sites for hydroxylation is 1. The van der Waals surface area contributed by atoms with Crippen molar-refractivity contribution in [1.29, 1.82) is 0 Å². The number of carbonyl (C=O) groups is 1. The zero-order valence-electron chi connectivity index (χ0n) is 12.9. The number of anilines is 1. The number of amides is 1. The molecule has 5 nitrogen and oxygen atoms in total. The third kappa shape index (κ3) is 3.53. The van der Waals surface area contributed by atoms with Gasteiger partial charge in [-0.1, -0.05) is 24.3 Å². The van der Waals surface area contributed by atoms with E-state index in [-0.39, 0.29) is 11.5 Å². The third-order valence-corrected chi connectivity index (χ3v) is 4.46. The van der Waals surface area contributed by atoms with Gasteiger partial charge >= 0.3 is 0 Å². The van der Waals surface area contributed by atoms with Gasteiger partial charge in [0.2, 0.25) is 0 Å². The molecule has 3 aromatic rings. The molecule has 1 N–H and O–H groups in total. The third-order valence-electron chi connectivity index (χ3n) is 3.52. The second kappa shape index (κ2) is 6.96. The molecule has 0 unspecified atom stereocenters. The van der Waals surface area contributed by atoms with E-state index < -0.39 is 0 Å². The average molecular weight is 431 g/mol. The van der Waals surface area contributed by atoms with Gasteiger partial charge in [0.05, 0.1) is 11.3 Å². The quantitative estimate of drug-likeness (QED) is 0.648. The Morgan fingerprint density at radius 1 is 1.04 bits per heavy atom. The SMILES string of the molecule is Cn1nc(-c2ccc(NC(=O)c3ccccc3I)cc2)ccc1=O. The first-order valence-electron chi connectivity index (χ1n) is 7.25. The molecule has 0 aliphatic heterocycles. The number of rotatable bonds is 3. The molecule has 0 spiro atoms. The summed E-state index contributed by atoms with van der Waals surface area (Å²) in [6.07, 6.45) is 0. The highest BCUT2D eigenvalue weighted by molar-refractivity contribution is 14.1. The second-order valence-electron chi connectivity index (χ2n) is 5.19. The van der Waals surface area contributed by atoms with E-state index in [1.807, 2.05) is 42.5 Å². The molecule has 24 heavy (non-hydrogen) atoms. The Kier molecular flexibility index (Phi) is 4.75. The number of hydrogen-bond acceptors (Lipinski definition) is 3. The first kappa shape index (κ1) is 16.4. The lowest BCUT2D eigenvalue weighted by Gasteiger charge is -2.08. The van der Waals surface area contributed by atoms with Crippen LogP contribution in [0.5, 0.6) is 0 Å². The zero-order chi connectivity index (χ0) is 17.1. The van der Waals surface area contributed by atoms with Crippen molar-refractivity contribution in [1.82, 2.24) is 9.78 Å². The number of hydrogen-bond donors (Lipinski definition) is 1. The lowest BCUT2D eigenvalue weighted by atomic mass is 10.1. The molecule has 1 aromatic heterocycles. The normalized spacial score (nSPS) is 10.4. The Morgan fingerprint density at radius 2 is 1.75 bits per heavy atom. The highest BCUT2D eigenvalue weighted by Crippen LogP contribution is 2.20. The smallest absolute Gasteiger partial charge is 0.266 e. The Bertz CT molecular complexity index is 949. The van der Waals surface area contributed by atoms with E-state index in [0.717, 1.165) is 9.13 Å². The van der Waals surface area contributed by atoms with Crippen LogP contribution >= 0.6 is 22.6 Å². The van der Waals surface area contributed by atoms with Crippen molar-refractivity contribution in [3.63, 3.8) is 0 Å². The second-order valence-corrected chi connectivity index (χ2v) is 6.35. The molecule has 6 heteroatoms. The van der Waals surface area contributed by atoms with Crippen LogP contribution in [0.4, 0.5) is 5.69 Å². The van der Waals surface area contributed by atoms with Crippen LogP contribution in [0.3, 0.4) is 0 Å². The molecule has 0 aliphatic rings. The van der Waals surface area contributed by atoms with Crippen LogP contribution in [0, 0.1) is 3.57 Å². The van der Waals surface area contributed by atoms with E-state index in [1.54, 1.807) is 19.2 Å². The monoisotopic (exact) mass is 431 g/mol. The molecule has 120 valence electrons. The fourth-order valence-corrected chi connectivity index (χ4v) is 2.86. The van der Waals surface area contributed by atoms with Crippen LogP contribution in [-0.4, -0.2) is 15.7 Å². The molecule has 1 amide bonds. The molecule has 1 heterocycles. The van der Waals surface area contributed by atoms with Gasteiger partial charge < -0.3 is 5.32 Å². The molecule has 0 atom stereocenters. The number of benzene rings is 2. The molecular formula is C18H14IN3O2. The zero-order valence-corrected chi connectivity index (χ0v) is 15.0. The number of nitrogens with zero attached hydrogens (tertiary/aromatic N) is 2. The molecule has 3 rings (SSSR count). The maximum absolute atomic E-state index is 12.3. The minimum absolute atomic E-state index is 0.145. The van der Waals surface area contributed by atoms with Crippen LogP contribution in [-0.2, 0) is 7.05 Å². The summed E-state index contributed by atoms with van der Waals surface area (Å²) in [6, 6.07) is 17.9. The van der Waals surface area contributed by atoms with Gasteiger partial charge in [0, 0.05) is 27.9 Å². The maximum atomic E-state index is 12.3. The van der Waals surface area contributed by atoms with Crippen LogP contribution in [0.2, 0.25) is 0 Å². The maximum Gasteiger partial charge on any atom is 0.266 e. The lowest BCUT2D eigenvalue weighted by molar-refractivity contribution is 0.102. The van der Waals surface area contributed by atoms with Gasteiger partial charge in [0.15, 0.2) is 0 Å². The Hall–Kier alpha value is -2.48. The van der Waals surface area contributed by atoms with Crippen LogP contribution in [0.25, 0.3) is 11.3 Å². The first-order chi connectivity index (χ1) is 11.5. The van der Waals surface area contributed by atoms with Crippen LogP contribution in [0.1, 0.15) is 10.4 Å². The van der Waals surface area contributed by atoms with Gasteiger partial charge in [-0.05, 0) is 52.9 Å². The highest BCUT2D eigenvalue weighted by Gasteiger charge is 2.09. The summed E-state index contributed by atoms with van der Waals surface area (Å²) < 4.78 is 2.20. The van der Waals surface area contributed by atoms with Crippen molar-refractivity contribution < 1.29 is 4.79 Å². The molecule has 0 saturated heterocycles. The van der Waals surface area contributed by atoms with Gasteiger partial charge in [-0.2, -0.15) is 5.10 Å². The number of halogens is 1. The summed E-state index contributed by atoms with van der Waals surface area (Å²) >= 11 is 2.14. The minimum atomic E-state index is -0.153. The fraction of sp³-hybridized carbons (Fsp3) is 0.0556. The molecule has 2 aromatic carbocycles. The summed E-state index contributed by atoms with van der Waals surface area (Å²) in [5.41, 5.74) is 2.76. The van der Waals surface area contributed by atoms with Gasteiger partial charge in [0.25, 0.3) is 11.5 Å². The van der Waals surface area contributed by atoms with Gasteiger partial charge in [-0.15, -0.1) is 0 Å². The van der Waals surface area contributed by atoms with Crippen molar-refractivity contribution in [2.75, 3.05) is 5.32 Å².